The van der Waals surface area contributed by atoms with Gasteiger partial charge in [-0.15, -0.1) is 0 Å². The fraction of sp³-hybridized carbons (Fsp3) is 0.231. The molecule has 0 saturated carbocycles. The van der Waals surface area contributed by atoms with Crippen molar-refractivity contribution < 1.29 is 0 Å². The molecule has 0 aliphatic carbocycles. The molecule has 0 atom stereocenters. The van der Waals surface area contributed by atoms with E-state index >= 15 is 0 Å². The van der Waals surface area contributed by atoms with Crippen LogP contribution in [0.5, 0.6) is 0 Å². The van der Waals surface area contributed by atoms with Crippen LogP contribution in [0.3, 0.4) is 0 Å². The zero-order chi connectivity index (χ0) is 11.4. The molecule has 1 aromatic carbocycles. The zero-order valence-corrected chi connectivity index (χ0v) is 10.9. The van der Waals surface area contributed by atoms with Crippen LogP contribution in [0.15, 0.2) is 47.2 Å². The van der Waals surface area contributed by atoms with Gasteiger partial charge in [0.15, 0.2) is 0 Å². The summed E-state index contributed by atoms with van der Waals surface area (Å²) in [5, 5.41) is 3.15. The third kappa shape index (κ3) is 2.97. The quantitative estimate of drug-likeness (QED) is 0.910. The summed E-state index contributed by atoms with van der Waals surface area (Å²) in [7, 11) is 1.96. The van der Waals surface area contributed by atoms with E-state index in [0.717, 1.165) is 17.6 Å². The Morgan fingerprint density at radius 1 is 1.25 bits per heavy atom. The molecule has 2 aromatic rings. The van der Waals surface area contributed by atoms with Gasteiger partial charge >= 0.3 is 0 Å². The number of hydrogen-bond acceptors (Lipinski definition) is 1. The molecular weight excluding hydrogens is 264 g/mol. The average molecular weight is 279 g/mol. The third-order valence-corrected chi connectivity index (χ3v) is 2.94. The fourth-order valence-corrected chi connectivity index (χ4v) is 2.19. The van der Waals surface area contributed by atoms with Crippen molar-refractivity contribution in [3.63, 3.8) is 0 Å². The molecule has 1 N–H and O–H groups in total. The second kappa shape index (κ2) is 5.32. The van der Waals surface area contributed by atoms with Gasteiger partial charge in [-0.1, -0.05) is 28.1 Å². The molecule has 0 bridgehead atoms. The molecule has 0 unspecified atom stereocenters. The van der Waals surface area contributed by atoms with Crippen LogP contribution in [0.1, 0.15) is 11.1 Å². The molecule has 84 valence electrons. The van der Waals surface area contributed by atoms with Gasteiger partial charge in [-0.3, -0.25) is 0 Å². The summed E-state index contributed by atoms with van der Waals surface area (Å²) in [5.41, 5.74) is 2.62. The van der Waals surface area contributed by atoms with Gasteiger partial charge in [0.05, 0.1) is 0 Å². The highest BCUT2D eigenvalue weighted by molar-refractivity contribution is 9.10. The minimum atomic E-state index is 0.920. The van der Waals surface area contributed by atoms with E-state index in [-0.39, 0.29) is 0 Å². The highest BCUT2D eigenvalue weighted by atomic mass is 79.9. The van der Waals surface area contributed by atoms with E-state index in [1.54, 1.807) is 0 Å². The summed E-state index contributed by atoms with van der Waals surface area (Å²) in [6, 6.07) is 10.6. The first kappa shape index (κ1) is 11.4. The number of nitrogens with one attached hydrogen (secondary N) is 1. The predicted octanol–water partition coefficient (Wildman–Crippen LogP) is 3.02. The molecule has 2 rings (SSSR count). The topological polar surface area (TPSA) is 17.0 Å². The summed E-state index contributed by atoms with van der Waals surface area (Å²) in [6.07, 6.45) is 4.30. The van der Waals surface area contributed by atoms with E-state index in [0.29, 0.717) is 0 Å². The molecule has 0 aliphatic rings. The van der Waals surface area contributed by atoms with Crippen LogP contribution in [0.2, 0.25) is 0 Å². The Hall–Kier alpha value is -1.06. The van der Waals surface area contributed by atoms with Crippen LogP contribution < -0.4 is 5.32 Å². The Kier molecular flexibility index (Phi) is 3.80. The predicted molar refractivity (Wildman–Crippen MR) is 70.4 cm³/mol. The molecule has 1 heterocycles. The van der Waals surface area contributed by atoms with Gasteiger partial charge in [0.1, 0.15) is 0 Å². The molecule has 1 aromatic heterocycles. The van der Waals surface area contributed by atoms with Crippen LogP contribution in [0.25, 0.3) is 0 Å². The smallest absolute Gasteiger partial charge is 0.0470 e. The minimum absolute atomic E-state index is 0.920. The molecule has 0 fully saturated rings. The van der Waals surface area contributed by atoms with Gasteiger partial charge in [-0.2, -0.15) is 0 Å². The maximum Gasteiger partial charge on any atom is 0.0470 e. The van der Waals surface area contributed by atoms with Crippen LogP contribution >= 0.6 is 15.9 Å². The fourth-order valence-electron chi connectivity index (χ4n) is 1.74. The maximum atomic E-state index is 3.49. The van der Waals surface area contributed by atoms with Crippen molar-refractivity contribution in [1.82, 2.24) is 9.88 Å². The highest BCUT2D eigenvalue weighted by Crippen LogP contribution is 2.13. The van der Waals surface area contributed by atoms with Crippen LogP contribution in [-0.2, 0) is 13.1 Å². The molecule has 0 amide bonds. The molecule has 0 spiro atoms. The van der Waals surface area contributed by atoms with E-state index < -0.39 is 0 Å². The SMILES string of the molecule is CNCc1ccn(Cc2cccc(Br)c2)c1. The normalized spacial score (nSPS) is 10.6. The van der Waals surface area contributed by atoms with Gasteiger partial charge in [-0.05, 0) is 36.4 Å². The summed E-state index contributed by atoms with van der Waals surface area (Å²) in [6.45, 7) is 1.84. The first-order valence-electron chi connectivity index (χ1n) is 5.31. The molecule has 2 nitrogen and oxygen atoms in total. The summed E-state index contributed by atoms with van der Waals surface area (Å²) in [4.78, 5) is 0. The third-order valence-electron chi connectivity index (χ3n) is 2.45. The lowest BCUT2D eigenvalue weighted by molar-refractivity contribution is 0.782. The standard InChI is InChI=1S/C13H15BrN2/c1-15-8-12-5-6-16(10-12)9-11-3-2-4-13(14)7-11/h2-7,10,15H,8-9H2,1H3. The summed E-state index contributed by atoms with van der Waals surface area (Å²) >= 11 is 3.49. The van der Waals surface area contributed by atoms with E-state index in [1.165, 1.54) is 11.1 Å². The van der Waals surface area contributed by atoms with E-state index in [2.05, 4.69) is 62.5 Å². The number of halogens is 1. The van der Waals surface area contributed by atoms with Crippen molar-refractivity contribution in [3.8, 4) is 0 Å². The minimum Gasteiger partial charge on any atom is -0.350 e. The Bertz CT molecular complexity index is 462. The molecule has 16 heavy (non-hydrogen) atoms. The van der Waals surface area contributed by atoms with Gasteiger partial charge in [-0.25, -0.2) is 0 Å². The molecular formula is C13H15BrN2. The molecule has 0 saturated heterocycles. The van der Waals surface area contributed by atoms with Gasteiger partial charge < -0.3 is 9.88 Å². The molecule has 3 heteroatoms. The van der Waals surface area contributed by atoms with E-state index in [4.69, 9.17) is 0 Å². The summed E-state index contributed by atoms with van der Waals surface area (Å²) in [5.74, 6) is 0. The number of nitrogens with zero attached hydrogens (tertiary/aromatic N) is 1. The van der Waals surface area contributed by atoms with Crippen LogP contribution in [0.4, 0.5) is 0 Å². The lowest BCUT2D eigenvalue weighted by Gasteiger charge is -2.03. The maximum absolute atomic E-state index is 3.49. The Morgan fingerprint density at radius 3 is 2.88 bits per heavy atom. The zero-order valence-electron chi connectivity index (χ0n) is 9.28. The molecule has 0 radical (unpaired) electrons. The lowest BCUT2D eigenvalue weighted by atomic mass is 10.2. The number of rotatable bonds is 4. The van der Waals surface area contributed by atoms with Crippen molar-refractivity contribution in [2.75, 3.05) is 7.05 Å². The Balaban J connectivity index is 2.08. The van der Waals surface area contributed by atoms with Crippen molar-refractivity contribution in [2.24, 2.45) is 0 Å². The first-order chi connectivity index (χ1) is 7.78. The Labute approximate surface area is 104 Å². The molecule has 0 aliphatic heterocycles. The number of aromatic nitrogens is 1. The van der Waals surface area contributed by atoms with Gasteiger partial charge in [0.25, 0.3) is 0 Å². The summed E-state index contributed by atoms with van der Waals surface area (Å²) < 4.78 is 3.33. The van der Waals surface area contributed by atoms with Gasteiger partial charge in [0.2, 0.25) is 0 Å². The first-order valence-corrected chi connectivity index (χ1v) is 6.11. The second-order valence-electron chi connectivity index (χ2n) is 3.85. The van der Waals surface area contributed by atoms with Crippen LogP contribution in [-0.4, -0.2) is 11.6 Å². The number of hydrogen-bond donors (Lipinski definition) is 1. The van der Waals surface area contributed by atoms with E-state index in [1.807, 2.05) is 13.1 Å². The number of benzene rings is 1. The van der Waals surface area contributed by atoms with Crippen molar-refractivity contribution >= 4 is 15.9 Å². The Morgan fingerprint density at radius 2 is 2.12 bits per heavy atom. The largest absolute Gasteiger partial charge is 0.350 e. The van der Waals surface area contributed by atoms with E-state index in [9.17, 15) is 0 Å². The second-order valence-corrected chi connectivity index (χ2v) is 4.77. The van der Waals surface area contributed by atoms with Crippen molar-refractivity contribution in [2.45, 2.75) is 13.1 Å². The van der Waals surface area contributed by atoms with Crippen LogP contribution in [0, 0.1) is 0 Å². The van der Waals surface area contributed by atoms with Gasteiger partial charge in [0, 0.05) is 30.0 Å². The highest BCUT2D eigenvalue weighted by Gasteiger charge is 1.98. The van der Waals surface area contributed by atoms with Crippen molar-refractivity contribution in [1.29, 1.82) is 0 Å². The van der Waals surface area contributed by atoms with Crippen molar-refractivity contribution in [3.05, 3.63) is 58.3 Å². The lowest BCUT2D eigenvalue weighted by Crippen LogP contribution is -2.04. The monoisotopic (exact) mass is 278 g/mol. The average Bonchev–Trinajstić information content (AvgIpc) is 2.66.